The van der Waals surface area contributed by atoms with Gasteiger partial charge in [0.1, 0.15) is 23.1 Å². The molecule has 3 aromatic rings. The Kier molecular flexibility index (Phi) is 7.44. The Morgan fingerprint density at radius 3 is 2.32 bits per heavy atom. The van der Waals surface area contributed by atoms with Crippen LogP contribution in [0.25, 0.3) is 0 Å². The van der Waals surface area contributed by atoms with E-state index in [-0.39, 0.29) is 6.61 Å². The molecule has 0 radical (unpaired) electrons. The van der Waals surface area contributed by atoms with Crippen LogP contribution in [0.4, 0.5) is 5.00 Å². The minimum atomic E-state index is -0.691. The molecule has 34 heavy (non-hydrogen) atoms. The van der Waals surface area contributed by atoms with Gasteiger partial charge in [-0.3, -0.25) is 9.59 Å². The number of primary amides is 1. The Morgan fingerprint density at radius 2 is 1.62 bits per heavy atom. The first-order valence-electron chi connectivity index (χ1n) is 10.8. The molecule has 0 saturated heterocycles. The number of carbonyl (C=O) groups excluding carboxylic acids is 3. The Balaban J connectivity index is 1.19. The number of thiophene rings is 1. The highest BCUT2D eigenvalue weighted by molar-refractivity contribution is 7.17. The van der Waals surface area contributed by atoms with Crippen LogP contribution in [-0.4, -0.2) is 31.0 Å². The molecule has 2 amide bonds. The number of nitrogens with two attached hydrogens (primary N) is 1. The molecule has 2 aromatic carbocycles. The van der Waals surface area contributed by atoms with Gasteiger partial charge in [-0.25, -0.2) is 4.79 Å². The van der Waals surface area contributed by atoms with Crippen molar-refractivity contribution in [3.8, 4) is 11.5 Å². The molecule has 3 N–H and O–H groups in total. The molecular weight excluding hydrogens is 456 g/mol. The minimum Gasteiger partial charge on any atom is -0.489 e. The van der Waals surface area contributed by atoms with Crippen molar-refractivity contribution in [3.63, 3.8) is 0 Å². The lowest BCUT2D eigenvalue weighted by molar-refractivity contribution is -0.149. The van der Waals surface area contributed by atoms with Gasteiger partial charge in [0.2, 0.25) is 0 Å². The van der Waals surface area contributed by atoms with Crippen LogP contribution in [-0.2, 0) is 33.8 Å². The number of hydrogen-bond donors (Lipinski definition) is 2. The lowest BCUT2D eigenvalue weighted by Gasteiger charge is -2.09. The highest BCUT2D eigenvalue weighted by Crippen LogP contribution is 2.38. The third-order valence-electron chi connectivity index (χ3n) is 5.21. The zero-order chi connectivity index (χ0) is 23.9. The summed E-state index contributed by atoms with van der Waals surface area (Å²) in [4.78, 5) is 37.0. The maximum Gasteiger partial charge on any atom is 0.344 e. The highest BCUT2D eigenvalue weighted by Gasteiger charge is 2.26. The van der Waals surface area contributed by atoms with Crippen molar-refractivity contribution in [2.24, 2.45) is 5.73 Å². The fourth-order valence-electron chi connectivity index (χ4n) is 3.62. The average molecular weight is 481 g/mol. The lowest BCUT2D eigenvalue weighted by Crippen LogP contribution is -2.24. The average Bonchev–Trinajstić information content (AvgIpc) is 3.42. The molecule has 0 fully saturated rings. The fourth-order valence-corrected chi connectivity index (χ4v) is 4.93. The maximum atomic E-state index is 12.2. The number of amides is 2. The number of carbonyl (C=O) groups is 3. The number of anilines is 1. The molecule has 176 valence electrons. The number of benzene rings is 2. The smallest absolute Gasteiger partial charge is 0.344 e. The van der Waals surface area contributed by atoms with Gasteiger partial charge >= 0.3 is 5.97 Å². The molecule has 0 spiro atoms. The zero-order valence-electron chi connectivity index (χ0n) is 18.4. The van der Waals surface area contributed by atoms with E-state index in [0.717, 1.165) is 35.3 Å². The van der Waals surface area contributed by atoms with Crippen LogP contribution >= 0.6 is 11.3 Å². The number of fused-ring (bicyclic) bond motifs is 1. The van der Waals surface area contributed by atoms with Crippen molar-refractivity contribution in [2.75, 3.05) is 18.5 Å². The van der Waals surface area contributed by atoms with Gasteiger partial charge in [-0.1, -0.05) is 30.3 Å². The van der Waals surface area contributed by atoms with Crippen LogP contribution in [0.2, 0.25) is 0 Å². The van der Waals surface area contributed by atoms with E-state index in [1.807, 2.05) is 30.3 Å². The van der Waals surface area contributed by atoms with Crippen LogP contribution in [0.3, 0.4) is 0 Å². The van der Waals surface area contributed by atoms with Gasteiger partial charge in [0.05, 0.1) is 5.56 Å². The molecule has 1 aliphatic rings. The SMILES string of the molecule is NC(=O)c1c(NC(=O)COC(=O)COc2ccc(OCc3ccccc3)cc2)sc2c1CCC2. The monoisotopic (exact) mass is 480 g/mol. The molecule has 0 bridgehead atoms. The van der Waals surface area contributed by atoms with Crippen LogP contribution in [0, 0.1) is 0 Å². The number of aryl methyl sites for hydroxylation is 1. The Labute approximate surface area is 200 Å². The summed E-state index contributed by atoms with van der Waals surface area (Å²) in [5.41, 5.74) is 7.81. The predicted octanol–water partition coefficient (Wildman–Crippen LogP) is 3.48. The van der Waals surface area contributed by atoms with Gasteiger partial charge < -0.3 is 25.3 Å². The molecule has 0 atom stereocenters. The first-order valence-corrected chi connectivity index (χ1v) is 11.6. The first kappa shape index (κ1) is 23.3. The van der Waals surface area contributed by atoms with E-state index in [0.29, 0.717) is 28.7 Å². The van der Waals surface area contributed by atoms with E-state index in [9.17, 15) is 14.4 Å². The third kappa shape index (κ3) is 5.93. The molecule has 1 heterocycles. The Morgan fingerprint density at radius 1 is 0.912 bits per heavy atom. The second-order valence-electron chi connectivity index (χ2n) is 7.67. The maximum absolute atomic E-state index is 12.2. The van der Waals surface area contributed by atoms with Crippen molar-refractivity contribution in [1.82, 2.24) is 0 Å². The summed E-state index contributed by atoms with van der Waals surface area (Å²) >= 11 is 1.34. The molecule has 1 aliphatic carbocycles. The molecule has 0 saturated carbocycles. The van der Waals surface area contributed by atoms with E-state index >= 15 is 0 Å². The summed E-state index contributed by atoms with van der Waals surface area (Å²) in [6.07, 6.45) is 2.60. The van der Waals surface area contributed by atoms with E-state index in [4.69, 9.17) is 19.9 Å². The van der Waals surface area contributed by atoms with Gasteiger partial charge in [-0.15, -0.1) is 11.3 Å². The van der Waals surface area contributed by atoms with E-state index in [1.165, 1.54) is 11.3 Å². The second kappa shape index (κ2) is 10.8. The minimum absolute atomic E-state index is 0.350. The molecule has 1 aromatic heterocycles. The first-order chi connectivity index (χ1) is 16.5. The van der Waals surface area contributed by atoms with Crippen LogP contribution < -0.4 is 20.5 Å². The molecule has 0 aliphatic heterocycles. The molecule has 8 nitrogen and oxygen atoms in total. The van der Waals surface area contributed by atoms with Crippen molar-refractivity contribution in [3.05, 3.63) is 76.2 Å². The number of nitrogens with one attached hydrogen (secondary N) is 1. The third-order valence-corrected chi connectivity index (χ3v) is 6.42. The Hall–Kier alpha value is -3.85. The van der Waals surface area contributed by atoms with Crippen LogP contribution in [0.1, 0.15) is 32.8 Å². The van der Waals surface area contributed by atoms with Gasteiger partial charge in [0.25, 0.3) is 11.8 Å². The molecule has 4 rings (SSSR count). The van der Waals surface area contributed by atoms with E-state index in [2.05, 4.69) is 5.32 Å². The quantitative estimate of drug-likeness (QED) is 0.429. The number of rotatable bonds is 10. The summed E-state index contributed by atoms with van der Waals surface area (Å²) in [5.74, 6) is -0.673. The molecular formula is C25H24N2O6S. The summed E-state index contributed by atoms with van der Waals surface area (Å²) in [6.45, 7) is -0.392. The largest absolute Gasteiger partial charge is 0.489 e. The normalized spacial score (nSPS) is 12.0. The number of ether oxygens (including phenoxy) is 3. The van der Waals surface area contributed by atoms with Gasteiger partial charge in [-0.05, 0) is 54.7 Å². The van der Waals surface area contributed by atoms with Crippen LogP contribution in [0.15, 0.2) is 54.6 Å². The summed E-state index contributed by atoms with van der Waals surface area (Å²) < 4.78 is 16.1. The van der Waals surface area contributed by atoms with E-state index < -0.39 is 24.4 Å². The predicted molar refractivity (Wildman–Crippen MR) is 127 cm³/mol. The lowest BCUT2D eigenvalue weighted by atomic mass is 10.1. The van der Waals surface area contributed by atoms with Crippen molar-refractivity contribution in [2.45, 2.75) is 25.9 Å². The summed E-state index contributed by atoms with van der Waals surface area (Å²) in [5, 5.41) is 3.03. The standard InChI is InChI=1S/C25H24N2O6S/c26-24(30)23-19-7-4-8-20(19)34-25(23)27-21(28)14-33-22(29)15-32-18-11-9-17(10-12-18)31-13-16-5-2-1-3-6-16/h1-3,5-6,9-12H,4,7-8,13-15H2,(H2,26,30)(H,27,28). The van der Waals surface area contributed by atoms with Gasteiger partial charge in [-0.2, -0.15) is 0 Å². The van der Waals surface area contributed by atoms with Gasteiger partial charge in [0, 0.05) is 4.88 Å². The topological polar surface area (TPSA) is 117 Å². The second-order valence-corrected chi connectivity index (χ2v) is 8.77. The molecule has 0 unspecified atom stereocenters. The number of hydrogen-bond acceptors (Lipinski definition) is 7. The van der Waals surface area contributed by atoms with Crippen molar-refractivity contribution in [1.29, 1.82) is 0 Å². The van der Waals surface area contributed by atoms with Crippen molar-refractivity contribution < 1.29 is 28.6 Å². The fraction of sp³-hybridized carbons (Fsp3) is 0.240. The van der Waals surface area contributed by atoms with Gasteiger partial charge in [0.15, 0.2) is 13.2 Å². The Bertz CT molecular complexity index is 1170. The number of esters is 1. The zero-order valence-corrected chi connectivity index (χ0v) is 19.2. The summed E-state index contributed by atoms with van der Waals surface area (Å²) in [7, 11) is 0. The van der Waals surface area contributed by atoms with Crippen LogP contribution in [0.5, 0.6) is 11.5 Å². The van der Waals surface area contributed by atoms with Crippen molar-refractivity contribution >= 4 is 34.1 Å². The summed E-state index contributed by atoms with van der Waals surface area (Å²) in [6, 6.07) is 16.6. The molecule has 9 heteroatoms. The van der Waals surface area contributed by atoms with E-state index in [1.54, 1.807) is 24.3 Å². The highest BCUT2D eigenvalue weighted by atomic mass is 32.1.